The van der Waals surface area contributed by atoms with Crippen LogP contribution in [0.15, 0.2) is 17.0 Å². The number of anilines is 1. The lowest BCUT2D eigenvalue weighted by molar-refractivity contribution is 0.290. The molecule has 2 rings (SSSR count). The number of benzene rings is 1. The van der Waals surface area contributed by atoms with E-state index in [-0.39, 0.29) is 0 Å². The number of hydrogen-bond donors (Lipinski definition) is 2. The molecule has 0 bridgehead atoms. The normalized spacial score (nSPS) is 23.2. The highest BCUT2D eigenvalue weighted by Gasteiger charge is 2.23. The highest BCUT2D eigenvalue weighted by Crippen LogP contribution is 2.28. The highest BCUT2D eigenvalue weighted by atomic mass is 32.2. The maximum atomic E-state index is 12.5. The molecule has 0 aromatic heterocycles. The molecule has 1 saturated carbocycles. The number of rotatable bonds is 4. The molecular weight excluding hydrogens is 284 g/mol. The number of hydrogen-bond acceptors (Lipinski definition) is 3. The third-order valence-electron chi connectivity index (χ3n) is 4.63. The summed E-state index contributed by atoms with van der Waals surface area (Å²) < 4.78 is 27.8. The van der Waals surface area contributed by atoms with Crippen LogP contribution in [0.4, 0.5) is 5.69 Å². The molecule has 0 amide bonds. The molecule has 1 aromatic rings. The summed E-state index contributed by atoms with van der Waals surface area (Å²) in [6.45, 7) is 6.50. The zero-order valence-corrected chi connectivity index (χ0v) is 14.0. The Morgan fingerprint density at radius 3 is 2.43 bits per heavy atom. The minimum absolute atomic E-state index is 0.309. The molecule has 5 heteroatoms. The van der Waals surface area contributed by atoms with Crippen LogP contribution in [-0.2, 0) is 10.0 Å². The fourth-order valence-electron chi connectivity index (χ4n) is 2.97. The van der Waals surface area contributed by atoms with Gasteiger partial charge in [0.15, 0.2) is 0 Å². The van der Waals surface area contributed by atoms with Crippen molar-refractivity contribution in [1.82, 2.24) is 4.72 Å². The van der Waals surface area contributed by atoms with Gasteiger partial charge in [-0.15, -0.1) is 0 Å². The van der Waals surface area contributed by atoms with Crippen molar-refractivity contribution in [2.75, 3.05) is 12.3 Å². The molecule has 0 saturated heterocycles. The Hall–Kier alpha value is -1.07. The smallest absolute Gasteiger partial charge is 0.240 e. The quantitative estimate of drug-likeness (QED) is 0.840. The molecule has 0 radical (unpaired) electrons. The molecular formula is C16H26N2O2S. The van der Waals surface area contributed by atoms with E-state index in [2.05, 4.69) is 11.6 Å². The number of sulfonamides is 1. The summed E-state index contributed by atoms with van der Waals surface area (Å²) in [5.41, 5.74) is 7.95. The fraction of sp³-hybridized carbons (Fsp3) is 0.625. The van der Waals surface area contributed by atoms with Crippen molar-refractivity contribution in [3.8, 4) is 0 Å². The van der Waals surface area contributed by atoms with Gasteiger partial charge in [0, 0.05) is 12.2 Å². The number of nitrogen functional groups attached to an aromatic ring is 1. The lowest BCUT2D eigenvalue weighted by Gasteiger charge is -2.26. The zero-order valence-electron chi connectivity index (χ0n) is 13.1. The van der Waals surface area contributed by atoms with E-state index in [1.807, 2.05) is 13.8 Å². The lowest BCUT2D eigenvalue weighted by Crippen LogP contribution is -2.31. The summed E-state index contributed by atoms with van der Waals surface area (Å²) in [5, 5.41) is 0. The van der Waals surface area contributed by atoms with E-state index in [0.717, 1.165) is 29.9 Å². The fourth-order valence-corrected chi connectivity index (χ4v) is 4.44. The largest absolute Gasteiger partial charge is 0.399 e. The van der Waals surface area contributed by atoms with E-state index >= 15 is 0 Å². The van der Waals surface area contributed by atoms with E-state index in [0.29, 0.717) is 23.0 Å². The monoisotopic (exact) mass is 310 g/mol. The summed E-state index contributed by atoms with van der Waals surface area (Å²) in [5.74, 6) is 1.23. The van der Waals surface area contributed by atoms with E-state index < -0.39 is 10.0 Å². The molecule has 1 fully saturated rings. The number of nitrogens with two attached hydrogens (primary N) is 1. The van der Waals surface area contributed by atoms with E-state index in [1.54, 1.807) is 12.1 Å². The molecule has 1 aromatic carbocycles. The predicted octanol–water partition coefficient (Wildman–Crippen LogP) is 2.99. The van der Waals surface area contributed by atoms with Crippen molar-refractivity contribution in [3.63, 3.8) is 0 Å². The minimum atomic E-state index is -3.48. The Morgan fingerprint density at radius 2 is 1.81 bits per heavy atom. The van der Waals surface area contributed by atoms with Gasteiger partial charge >= 0.3 is 0 Å². The average molecular weight is 310 g/mol. The summed E-state index contributed by atoms with van der Waals surface area (Å²) in [4.78, 5) is 0.309. The maximum Gasteiger partial charge on any atom is 0.240 e. The number of aryl methyl sites for hydroxylation is 1. The van der Waals surface area contributed by atoms with E-state index in [9.17, 15) is 8.42 Å². The summed E-state index contributed by atoms with van der Waals surface area (Å²) in [7, 11) is -3.48. The van der Waals surface area contributed by atoms with Crippen molar-refractivity contribution >= 4 is 15.7 Å². The van der Waals surface area contributed by atoms with Gasteiger partial charge in [-0.05, 0) is 61.8 Å². The van der Waals surface area contributed by atoms with Crippen LogP contribution in [0.5, 0.6) is 0 Å². The molecule has 3 N–H and O–H groups in total. The van der Waals surface area contributed by atoms with Gasteiger partial charge in [-0.2, -0.15) is 0 Å². The molecule has 118 valence electrons. The Balaban J connectivity index is 2.09. The van der Waals surface area contributed by atoms with Crippen LogP contribution in [0.3, 0.4) is 0 Å². The molecule has 1 aliphatic rings. The topological polar surface area (TPSA) is 72.2 Å². The van der Waals surface area contributed by atoms with Gasteiger partial charge in [-0.3, -0.25) is 0 Å². The molecule has 0 heterocycles. The van der Waals surface area contributed by atoms with Gasteiger partial charge in [0.25, 0.3) is 0 Å². The standard InChI is InChI=1S/C16H26N2O2S/c1-11-4-6-14(7-5-11)10-18-21(19,20)16-9-15(17)8-12(2)13(16)3/h8-9,11,14,18H,4-7,10,17H2,1-3H3. The molecule has 0 spiro atoms. The Morgan fingerprint density at radius 1 is 1.19 bits per heavy atom. The van der Waals surface area contributed by atoms with Gasteiger partial charge in [0.05, 0.1) is 4.90 Å². The lowest BCUT2D eigenvalue weighted by atomic mass is 9.83. The van der Waals surface area contributed by atoms with Gasteiger partial charge in [-0.1, -0.05) is 19.8 Å². The Kier molecular flexibility index (Phi) is 4.94. The zero-order chi connectivity index (χ0) is 15.6. The summed E-state index contributed by atoms with van der Waals surface area (Å²) >= 11 is 0. The highest BCUT2D eigenvalue weighted by molar-refractivity contribution is 7.89. The Labute approximate surface area is 128 Å². The van der Waals surface area contributed by atoms with Crippen molar-refractivity contribution in [3.05, 3.63) is 23.3 Å². The minimum Gasteiger partial charge on any atom is -0.399 e. The van der Waals surface area contributed by atoms with Gasteiger partial charge < -0.3 is 5.73 Å². The molecule has 4 nitrogen and oxygen atoms in total. The molecule has 21 heavy (non-hydrogen) atoms. The van der Waals surface area contributed by atoms with Crippen LogP contribution in [0.25, 0.3) is 0 Å². The maximum absolute atomic E-state index is 12.5. The second kappa shape index (κ2) is 6.36. The summed E-state index contributed by atoms with van der Waals surface area (Å²) in [6, 6.07) is 3.35. The average Bonchev–Trinajstić information content (AvgIpc) is 2.42. The van der Waals surface area contributed by atoms with Crippen LogP contribution >= 0.6 is 0 Å². The van der Waals surface area contributed by atoms with Crippen molar-refractivity contribution in [2.24, 2.45) is 11.8 Å². The van der Waals surface area contributed by atoms with Crippen LogP contribution in [-0.4, -0.2) is 15.0 Å². The molecule has 0 unspecified atom stereocenters. The second-order valence-electron chi connectivity index (χ2n) is 6.44. The van der Waals surface area contributed by atoms with E-state index in [4.69, 9.17) is 5.73 Å². The van der Waals surface area contributed by atoms with Crippen LogP contribution in [0.1, 0.15) is 43.7 Å². The van der Waals surface area contributed by atoms with Gasteiger partial charge in [-0.25, -0.2) is 13.1 Å². The van der Waals surface area contributed by atoms with Crippen molar-refractivity contribution in [1.29, 1.82) is 0 Å². The third-order valence-corrected chi connectivity index (χ3v) is 6.18. The van der Waals surface area contributed by atoms with Crippen molar-refractivity contribution < 1.29 is 8.42 Å². The van der Waals surface area contributed by atoms with Crippen LogP contribution < -0.4 is 10.5 Å². The first-order chi connectivity index (χ1) is 9.79. The molecule has 0 aliphatic heterocycles. The predicted molar refractivity (Wildman–Crippen MR) is 86.6 cm³/mol. The first-order valence-corrected chi connectivity index (χ1v) is 9.14. The summed E-state index contributed by atoms with van der Waals surface area (Å²) in [6.07, 6.45) is 4.61. The van der Waals surface area contributed by atoms with E-state index in [1.165, 1.54) is 12.8 Å². The first-order valence-electron chi connectivity index (χ1n) is 7.66. The van der Waals surface area contributed by atoms with Gasteiger partial charge in [0.2, 0.25) is 10.0 Å². The van der Waals surface area contributed by atoms with Crippen LogP contribution in [0, 0.1) is 25.7 Å². The first kappa shape index (κ1) is 16.3. The SMILES string of the molecule is Cc1cc(N)cc(S(=O)(=O)NCC2CCC(C)CC2)c1C. The van der Waals surface area contributed by atoms with Gasteiger partial charge in [0.1, 0.15) is 0 Å². The Bertz CT molecular complexity index is 603. The van der Waals surface area contributed by atoms with Crippen LogP contribution in [0.2, 0.25) is 0 Å². The second-order valence-corrected chi connectivity index (χ2v) is 8.17. The number of nitrogens with one attached hydrogen (secondary N) is 1. The molecule has 0 atom stereocenters. The molecule has 1 aliphatic carbocycles. The van der Waals surface area contributed by atoms with Crippen molar-refractivity contribution in [2.45, 2.75) is 51.3 Å². The third kappa shape index (κ3) is 3.98.